The average Bonchev–Trinajstić information content (AvgIpc) is 3.19. The van der Waals surface area contributed by atoms with Gasteiger partial charge in [-0.1, -0.05) is 19.1 Å². The molecular weight excluding hydrogens is 422 g/mol. The molecule has 30 heavy (non-hydrogen) atoms. The van der Waals surface area contributed by atoms with E-state index in [0.29, 0.717) is 41.4 Å². The largest absolute Gasteiger partial charge is 0.352 e. The molecule has 1 aromatic carbocycles. The van der Waals surface area contributed by atoms with E-state index in [0.717, 1.165) is 11.3 Å². The number of hydrogen-bond acceptors (Lipinski definition) is 5. The van der Waals surface area contributed by atoms with Crippen molar-refractivity contribution in [1.82, 2.24) is 9.62 Å². The molecule has 1 atom stereocenters. The summed E-state index contributed by atoms with van der Waals surface area (Å²) >= 11 is 1.24. The Kier molecular flexibility index (Phi) is 7.27. The third-order valence-electron chi connectivity index (χ3n) is 5.03. The van der Waals surface area contributed by atoms with Gasteiger partial charge in [-0.3, -0.25) is 9.59 Å². The van der Waals surface area contributed by atoms with Crippen LogP contribution < -0.4 is 10.6 Å². The lowest BCUT2D eigenvalue weighted by Gasteiger charge is -2.31. The van der Waals surface area contributed by atoms with Crippen LogP contribution in [0.4, 0.5) is 5.69 Å². The minimum atomic E-state index is -3.60. The lowest BCUT2D eigenvalue weighted by atomic mass is 9.98. The van der Waals surface area contributed by atoms with Crippen LogP contribution in [0.25, 0.3) is 0 Å². The summed E-state index contributed by atoms with van der Waals surface area (Å²) in [4.78, 5) is 26.2. The van der Waals surface area contributed by atoms with Crippen LogP contribution in [0.5, 0.6) is 0 Å². The van der Waals surface area contributed by atoms with E-state index in [1.807, 2.05) is 13.8 Å². The number of carbonyl (C=O) groups excluding carboxylic acids is 2. The van der Waals surface area contributed by atoms with Crippen molar-refractivity contribution < 1.29 is 18.0 Å². The molecule has 162 valence electrons. The molecule has 2 amide bonds. The minimum Gasteiger partial charge on any atom is -0.352 e. The van der Waals surface area contributed by atoms with Crippen molar-refractivity contribution in [3.05, 3.63) is 46.8 Å². The maximum absolute atomic E-state index is 12.9. The SMILES string of the molecule is CCCNC(=O)c1ccccc1NC(=O)[C@@H]1CCCN(S(=O)(=O)c2ccc(C)s2)C1. The van der Waals surface area contributed by atoms with Crippen molar-refractivity contribution in [2.75, 3.05) is 25.0 Å². The van der Waals surface area contributed by atoms with Gasteiger partial charge in [0.25, 0.3) is 15.9 Å². The topological polar surface area (TPSA) is 95.6 Å². The number of amides is 2. The Morgan fingerprint density at radius 1 is 1.20 bits per heavy atom. The number of carbonyl (C=O) groups is 2. The average molecular weight is 450 g/mol. The predicted octanol–water partition coefficient (Wildman–Crippen LogP) is 3.24. The lowest BCUT2D eigenvalue weighted by molar-refractivity contribution is -0.120. The Morgan fingerprint density at radius 3 is 2.67 bits per heavy atom. The van der Waals surface area contributed by atoms with E-state index in [1.165, 1.54) is 15.6 Å². The van der Waals surface area contributed by atoms with Gasteiger partial charge >= 0.3 is 0 Å². The molecule has 2 N–H and O–H groups in total. The minimum absolute atomic E-state index is 0.134. The first-order chi connectivity index (χ1) is 14.3. The number of thiophene rings is 1. The molecule has 3 rings (SSSR count). The highest BCUT2D eigenvalue weighted by Crippen LogP contribution is 2.29. The Morgan fingerprint density at radius 2 is 1.97 bits per heavy atom. The highest BCUT2D eigenvalue weighted by atomic mass is 32.2. The molecule has 0 spiro atoms. The number of benzene rings is 1. The fourth-order valence-electron chi connectivity index (χ4n) is 3.41. The number of nitrogens with one attached hydrogen (secondary N) is 2. The molecule has 0 aliphatic carbocycles. The molecule has 1 aliphatic rings. The molecule has 9 heteroatoms. The maximum atomic E-state index is 12.9. The Bertz CT molecular complexity index is 1020. The number of rotatable bonds is 7. The van der Waals surface area contributed by atoms with E-state index in [-0.39, 0.29) is 18.4 Å². The number of sulfonamides is 1. The maximum Gasteiger partial charge on any atom is 0.253 e. The third-order valence-corrected chi connectivity index (χ3v) is 8.36. The lowest BCUT2D eigenvalue weighted by Crippen LogP contribution is -2.43. The van der Waals surface area contributed by atoms with Crippen molar-refractivity contribution >= 4 is 38.9 Å². The van der Waals surface area contributed by atoms with Crippen LogP contribution in [0.2, 0.25) is 0 Å². The molecule has 1 saturated heterocycles. The summed E-state index contributed by atoms with van der Waals surface area (Å²) in [5.74, 6) is -0.983. The van der Waals surface area contributed by atoms with Crippen molar-refractivity contribution in [2.24, 2.45) is 5.92 Å². The molecule has 0 saturated carbocycles. The van der Waals surface area contributed by atoms with E-state index >= 15 is 0 Å². The second-order valence-electron chi connectivity index (χ2n) is 7.36. The van der Waals surface area contributed by atoms with Gasteiger partial charge in [-0.05, 0) is 50.5 Å². The van der Waals surface area contributed by atoms with Crippen molar-refractivity contribution in [3.8, 4) is 0 Å². The molecule has 2 aromatic rings. The van der Waals surface area contributed by atoms with Gasteiger partial charge in [-0.2, -0.15) is 4.31 Å². The quantitative estimate of drug-likeness (QED) is 0.678. The second-order valence-corrected chi connectivity index (χ2v) is 10.8. The van der Waals surface area contributed by atoms with Gasteiger partial charge in [0.15, 0.2) is 0 Å². The van der Waals surface area contributed by atoms with Crippen LogP contribution in [0.1, 0.15) is 41.4 Å². The monoisotopic (exact) mass is 449 g/mol. The number of nitrogens with zero attached hydrogens (tertiary/aromatic N) is 1. The van der Waals surface area contributed by atoms with Crippen molar-refractivity contribution in [3.63, 3.8) is 0 Å². The summed E-state index contributed by atoms with van der Waals surface area (Å²) in [5, 5.41) is 5.65. The summed E-state index contributed by atoms with van der Waals surface area (Å²) in [7, 11) is -3.60. The fourth-order valence-corrected chi connectivity index (χ4v) is 6.37. The van der Waals surface area contributed by atoms with E-state index in [9.17, 15) is 18.0 Å². The molecule has 7 nitrogen and oxygen atoms in total. The standard InChI is InChI=1S/C21H27N3O4S2/c1-3-12-22-21(26)17-8-4-5-9-18(17)23-20(25)16-7-6-13-24(14-16)30(27,28)19-11-10-15(2)29-19/h4-5,8-11,16H,3,6-7,12-14H2,1-2H3,(H,22,26)(H,23,25)/t16-/m1/s1. The fraction of sp³-hybridized carbons (Fsp3) is 0.429. The van der Waals surface area contributed by atoms with Crippen molar-refractivity contribution in [1.29, 1.82) is 0 Å². The molecule has 1 aliphatic heterocycles. The summed E-state index contributed by atoms with van der Waals surface area (Å²) in [6.45, 7) is 4.92. The summed E-state index contributed by atoms with van der Waals surface area (Å²) in [6, 6.07) is 10.2. The van der Waals surface area contributed by atoms with Crippen LogP contribution in [0, 0.1) is 12.8 Å². The number of aryl methyl sites for hydroxylation is 1. The van der Waals surface area contributed by atoms with Crippen LogP contribution in [-0.4, -0.2) is 44.2 Å². The summed E-state index contributed by atoms with van der Waals surface area (Å²) < 4.78 is 27.5. The zero-order valence-corrected chi connectivity index (χ0v) is 18.8. The van der Waals surface area contributed by atoms with Crippen molar-refractivity contribution in [2.45, 2.75) is 37.3 Å². The van der Waals surface area contributed by atoms with Crippen LogP contribution in [0.3, 0.4) is 0 Å². The number of anilines is 1. The van der Waals surface area contributed by atoms with Crippen LogP contribution >= 0.6 is 11.3 Å². The third kappa shape index (κ3) is 5.08. The molecule has 0 radical (unpaired) electrons. The van der Waals surface area contributed by atoms with Gasteiger partial charge in [0.2, 0.25) is 5.91 Å². The number of hydrogen-bond donors (Lipinski definition) is 2. The summed E-state index contributed by atoms with van der Waals surface area (Å²) in [5.41, 5.74) is 0.832. The van der Waals surface area contributed by atoms with E-state index in [4.69, 9.17) is 0 Å². The zero-order valence-electron chi connectivity index (χ0n) is 17.2. The zero-order chi connectivity index (χ0) is 21.7. The van der Waals surface area contributed by atoms with E-state index in [2.05, 4.69) is 10.6 Å². The van der Waals surface area contributed by atoms with E-state index in [1.54, 1.807) is 36.4 Å². The normalized spacial score (nSPS) is 17.5. The first-order valence-corrected chi connectivity index (χ1v) is 12.3. The highest BCUT2D eigenvalue weighted by Gasteiger charge is 2.34. The number of para-hydroxylation sites is 1. The highest BCUT2D eigenvalue weighted by molar-refractivity contribution is 7.91. The molecule has 1 aromatic heterocycles. The Balaban J connectivity index is 1.72. The number of piperidine rings is 1. The van der Waals surface area contributed by atoms with Crippen LogP contribution in [-0.2, 0) is 14.8 Å². The van der Waals surface area contributed by atoms with Gasteiger partial charge in [0.05, 0.1) is 17.2 Å². The first kappa shape index (κ1) is 22.5. The molecular formula is C21H27N3O4S2. The molecule has 0 bridgehead atoms. The van der Waals surface area contributed by atoms with Gasteiger partial charge in [0, 0.05) is 24.5 Å². The Hall–Kier alpha value is -2.23. The van der Waals surface area contributed by atoms with E-state index < -0.39 is 15.9 Å². The first-order valence-electron chi connectivity index (χ1n) is 10.1. The van der Waals surface area contributed by atoms with Gasteiger partial charge < -0.3 is 10.6 Å². The van der Waals surface area contributed by atoms with Crippen LogP contribution in [0.15, 0.2) is 40.6 Å². The second kappa shape index (κ2) is 9.72. The summed E-state index contributed by atoms with van der Waals surface area (Å²) in [6.07, 6.45) is 2.03. The smallest absolute Gasteiger partial charge is 0.253 e. The van der Waals surface area contributed by atoms with Gasteiger partial charge in [-0.25, -0.2) is 8.42 Å². The predicted molar refractivity (Wildman–Crippen MR) is 118 cm³/mol. The Labute approximate surface area is 181 Å². The molecule has 0 unspecified atom stereocenters. The van der Waals surface area contributed by atoms with Gasteiger partial charge in [-0.15, -0.1) is 11.3 Å². The molecule has 1 fully saturated rings. The molecule has 2 heterocycles. The van der Waals surface area contributed by atoms with Gasteiger partial charge in [0.1, 0.15) is 4.21 Å².